The Balaban J connectivity index is 1.44. The summed E-state index contributed by atoms with van der Waals surface area (Å²) < 4.78 is 32.5. The Morgan fingerprint density at radius 2 is 2.03 bits per heavy atom. The Morgan fingerprint density at radius 1 is 1.27 bits per heavy atom. The fourth-order valence-electron chi connectivity index (χ4n) is 4.06. The molecule has 1 aliphatic heterocycles. The van der Waals surface area contributed by atoms with E-state index in [9.17, 15) is 9.18 Å². The predicted molar refractivity (Wildman–Crippen MR) is 114 cm³/mol. The van der Waals surface area contributed by atoms with Crippen LogP contribution in [0.1, 0.15) is 48.2 Å². The second kappa shape index (κ2) is 8.98. The molecule has 0 N–H and O–H groups in total. The van der Waals surface area contributed by atoms with Crippen LogP contribution in [-0.4, -0.2) is 34.0 Å². The van der Waals surface area contributed by atoms with Gasteiger partial charge in [-0.3, -0.25) is 4.57 Å². The van der Waals surface area contributed by atoms with E-state index in [0.717, 1.165) is 24.8 Å². The summed E-state index contributed by atoms with van der Waals surface area (Å²) in [5.74, 6) is 0.510. The number of hydrogen-bond donors (Lipinski definition) is 0. The minimum atomic E-state index is -0.675. The zero-order chi connectivity index (χ0) is 21.3. The highest BCUT2D eigenvalue weighted by atomic mass is 32.2. The number of thioether (sulfide) groups is 1. The van der Waals surface area contributed by atoms with Crippen LogP contribution in [0.2, 0.25) is 0 Å². The van der Waals surface area contributed by atoms with Gasteiger partial charge in [-0.1, -0.05) is 0 Å². The Bertz CT molecular complexity index is 994. The van der Waals surface area contributed by atoms with Crippen LogP contribution < -0.4 is 15.2 Å². The summed E-state index contributed by atoms with van der Waals surface area (Å²) in [6.07, 6.45) is 5.08. The van der Waals surface area contributed by atoms with Crippen molar-refractivity contribution in [3.05, 3.63) is 50.8 Å². The molecule has 1 saturated heterocycles. The molecule has 0 bridgehead atoms. The SMILES string of the molecule is CCOc1nc(=O)n([C@H]2CS[C@@H](COc3cc(C)c(C)c4c3CCCC4)O2)cc1F. The minimum Gasteiger partial charge on any atom is -0.490 e. The number of rotatable bonds is 6. The molecule has 1 fully saturated rings. The summed E-state index contributed by atoms with van der Waals surface area (Å²) in [6, 6.07) is 2.12. The molecule has 162 valence electrons. The highest BCUT2D eigenvalue weighted by Gasteiger charge is 2.30. The van der Waals surface area contributed by atoms with Crippen molar-refractivity contribution in [2.45, 2.75) is 58.1 Å². The summed E-state index contributed by atoms with van der Waals surface area (Å²) in [5, 5.41) is 0. The normalized spacial score (nSPS) is 20.8. The molecule has 4 rings (SSSR count). The monoisotopic (exact) mass is 434 g/mol. The van der Waals surface area contributed by atoms with Crippen LogP contribution in [0.25, 0.3) is 0 Å². The first-order valence-electron chi connectivity index (χ1n) is 10.4. The van der Waals surface area contributed by atoms with E-state index in [-0.39, 0.29) is 17.9 Å². The first-order valence-corrected chi connectivity index (χ1v) is 11.5. The van der Waals surface area contributed by atoms with E-state index < -0.39 is 17.7 Å². The van der Waals surface area contributed by atoms with Gasteiger partial charge in [0.15, 0.2) is 0 Å². The molecule has 8 heteroatoms. The maximum atomic E-state index is 14.1. The maximum Gasteiger partial charge on any atom is 0.353 e. The van der Waals surface area contributed by atoms with Gasteiger partial charge in [-0.25, -0.2) is 4.79 Å². The number of aryl methyl sites for hydroxylation is 1. The van der Waals surface area contributed by atoms with Gasteiger partial charge in [0.2, 0.25) is 5.82 Å². The van der Waals surface area contributed by atoms with Gasteiger partial charge in [-0.2, -0.15) is 9.37 Å². The van der Waals surface area contributed by atoms with Gasteiger partial charge in [0.25, 0.3) is 5.88 Å². The van der Waals surface area contributed by atoms with Gasteiger partial charge in [0.1, 0.15) is 24.0 Å². The van der Waals surface area contributed by atoms with E-state index in [0.29, 0.717) is 12.4 Å². The fourth-order valence-corrected chi connectivity index (χ4v) is 5.05. The van der Waals surface area contributed by atoms with Gasteiger partial charge in [0, 0.05) is 5.75 Å². The van der Waals surface area contributed by atoms with Crippen molar-refractivity contribution in [3.8, 4) is 11.6 Å². The molecule has 1 aliphatic carbocycles. The van der Waals surface area contributed by atoms with E-state index in [4.69, 9.17) is 14.2 Å². The number of aromatic nitrogens is 2. The number of halogens is 1. The molecular formula is C22H27FN2O4S. The highest BCUT2D eigenvalue weighted by Crippen LogP contribution is 2.36. The molecule has 30 heavy (non-hydrogen) atoms. The van der Waals surface area contributed by atoms with Crippen molar-refractivity contribution >= 4 is 11.8 Å². The van der Waals surface area contributed by atoms with Crippen LogP contribution in [0.3, 0.4) is 0 Å². The molecule has 2 heterocycles. The van der Waals surface area contributed by atoms with Crippen molar-refractivity contribution in [2.24, 2.45) is 0 Å². The van der Waals surface area contributed by atoms with Crippen LogP contribution in [0.15, 0.2) is 17.1 Å². The van der Waals surface area contributed by atoms with Crippen molar-refractivity contribution in [1.82, 2.24) is 9.55 Å². The lowest BCUT2D eigenvalue weighted by molar-refractivity contribution is -0.00296. The van der Waals surface area contributed by atoms with Gasteiger partial charge < -0.3 is 14.2 Å². The third-order valence-corrected chi connectivity index (χ3v) is 6.83. The largest absolute Gasteiger partial charge is 0.490 e. The Morgan fingerprint density at radius 3 is 2.80 bits per heavy atom. The van der Waals surface area contributed by atoms with E-state index >= 15 is 0 Å². The second-order valence-corrected chi connectivity index (χ2v) is 8.85. The third-order valence-electron chi connectivity index (χ3n) is 5.73. The molecule has 2 aromatic rings. The lowest BCUT2D eigenvalue weighted by Gasteiger charge is -2.24. The highest BCUT2D eigenvalue weighted by molar-refractivity contribution is 8.00. The molecule has 6 nitrogen and oxygen atoms in total. The summed E-state index contributed by atoms with van der Waals surface area (Å²) >= 11 is 1.55. The van der Waals surface area contributed by atoms with Crippen LogP contribution in [0, 0.1) is 19.7 Å². The van der Waals surface area contributed by atoms with Crippen LogP contribution in [0.4, 0.5) is 4.39 Å². The third kappa shape index (κ3) is 4.21. The lowest BCUT2D eigenvalue weighted by atomic mass is 9.86. The van der Waals surface area contributed by atoms with Crippen LogP contribution >= 0.6 is 11.8 Å². The quantitative estimate of drug-likeness (QED) is 0.686. The molecule has 1 aromatic carbocycles. The van der Waals surface area contributed by atoms with Gasteiger partial charge in [-0.05, 0) is 74.8 Å². The number of ether oxygens (including phenoxy) is 3. The molecule has 0 unspecified atom stereocenters. The maximum absolute atomic E-state index is 14.1. The van der Waals surface area contributed by atoms with E-state index in [2.05, 4.69) is 24.9 Å². The summed E-state index contributed by atoms with van der Waals surface area (Å²) in [5.41, 5.74) is 4.53. The smallest absolute Gasteiger partial charge is 0.353 e. The molecule has 0 radical (unpaired) electrons. The Hall–Kier alpha value is -2.06. The molecule has 0 saturated carbocycles. The molecule has 1 aromatic heterocycles. The first kappa shape index (κ1) is 21.2. The molecule has 0 amide bonds. The molecule has 0 spiro atoms. The molecular weight excluding hydrogens is 407 g/mol. The summed E-state index contributed by atoms with van der Waals surface area (Å²) in [7, 11) is 0. The molecule has 2 aliphatic rings. The van der Waals surface area contributed by atoms with E-state index in [1.165, 1.54) is 39.7 Å². The lowest BCUT2D eigenvalue weighted by Crippen LogP contribution is -2.29. The second-order valence-electron chi connectivity index (χ2n) is 7.66. The van der Waals surface area contributed by atoms with Crippen molar-refractivity contribution in [1.29, 1.82) is 0 Å². The Labute approximate surface area is 179 Å². The van der Waals surface area contributed by atoms with Crippen molar-refractivity contribution in [2.75, 3.05) is 19.0 Å². The topological polar surface area (TPSA) is 62.6 Å². The van der Waals surface area contributed by atoms with Crippen LogP contribution in [0.5, 0.6) is 11.6 Å². The summed E-state index contributed by atoms with van der Waals surface area (Å²) in [6.45, 7) is 6.63. The van der Waals surface area contributed by atoms with Crippen molar-refractivity contribution < 1.29 is 18.6 Å². The van der Waals surface area contributed by atoms with Gasteiger partial charge >= 0.3 is 5.69 Å². The van der Waals surface area contributed by atoms with Crippen LogP contribution in [-0.2, 0) is 17.6 Å². The van der Waals surface area contributed by atoms with Crippen molar-refractivity contribution in [3.63, 3.8) is 0 Å². The number of hydrogen-bond acceptors (Lipinski definition) is 6. The van der Waals surface area contributed by atoms with E-state index in [1.54, 1.807) is 18.7 Å². The van der Waals surface area contributed by atoms with Gasteiger partial charge in [0.05, 0.1) is 12.8 Å². The van der Waals surface area contributed by atoms with E-state index in [1.807, 2.05) is 0 Å². The molecule has 2 atom stereocenters. The number of nitrogens with zero attached hydrogens (tertiary/aromatic N) is 2. The number of fused-ring (bicyclic) bond motifs is 1. The average Bonchev–Trinajstić information content (AvgIpc) is 3.21. The first-order chi connectivity index (χ1) is 14.5. The summed E-state index contributed by atoms with van der Waals surface area (Å²) in [4.78, 5) is 15.9. The standard InChI is InChI=1S/C22H27FN2O4S/c1-4-27-21-17(23)10-25(22(26)24-21)19-12-30-20(29-19)11-28-18-9-13(2)14(3)15-7-5-6-8-16(15)18/h9-10,19-20H,4-8,11-12H2,1-3H3/t19-,20+/m1/s1. The van der Waals surface area contributed by atoms with Gasteiger partial charge in [-0.15, -0.1) is 11.8 Å². The Kier molecular flexibility index (Phi) is 6.34. The zero-order valence-corrected chi connectivity index (χ0v) is 18.4. The fraction of sp³-hybridized carbons (Fsp3) is 0.545. The zero-order valence-electron chi connectivity index (χ0n) is 17.6. The predicted octanol–water partition coefficient (Wildman–Crippen LogP) is 3.94. The number of benzene rings is 1. The minimum absolute atomic E-state index is 0.239. The average molecular weight is 435 g/mol.